The van der Waals surface area contributed by atoms with Gasteiger partial charge in [-0.3, -0.25) is 10.1 Å². The van der Waals surface area contributed by atoms with Crippen LogP contribution in [0.15, 0.2) is 41.9 Å². The van der Waals surface area contributed by atoms with Crippen LogP contribution in [0.25, 0.3) is 6.08 Å². The monoisotopic (exact) mass is 246 g/mol. The Labute approximate surface area is 102 Å². The van der Waals surface area contributed by atoms with E-state index in [9.17, 15) is 9.90 Å². The third kappa shape index (κ3) is 3.42. The van der Waals surface area contributed by atoms with Gasteiger partial charge < -0.3 is 5.11 Å². The minimum Gasteiger partial charge on any atom is -0.508 e. The van der Waals surface area contributed by atoms with Crippen LogP contribution in [-0.2, 0) is 4.79 Å². The lowest BCUT2D eigenvalue weighted by molar-refractivity contribution is -0.111. The first-order chi connectivity index (χ1) is 8.24. The van der Waals surface area contributed by atoms with E-state index in [1.54, 1.807) is 41.9 Å². The van der Waals surface area contributed by atoms with Gasteiger partial charge in [0.1, 0.15) is 5.75 Å². The smallest absolute Gasteiger partial charge is 0.250 e. The van der Waals surface area contributed by atoms with E-state index in [0.29, 0.717) is 5.13 Å². The third-order valence-corrected chi connectivity index (χ3v) is 2.65. The summed E-state index contributed by atoms with van der Waals surface area (Å²) in [7, 11) is 0. The Hall–Kier alpha value is -2.14. The largest absolute Gasteiger partial charge is 0.508 e. The summed E-state index contributed by atoms with van der Waals surface area (Å²) in [6.07, 6.45) is 4.65. The number of phenolic OH excluding ortho intramolecular Hbond substituents is 1. The fraction of sp³-hybridized carbons (Fsp3) is 0. The number of nitrogens with zero attached hydrogens (tertiary/aromatic N) is 1. The van der Waals surface area contributed by atoms with E-state index in [-0.39, 0.29) is 11.7 Å². The molecule has 0 aliphatic carbocycles. The fourth-order valence-corrected chi connectivity index (χ4v) is 1.76. The van der Waals surface area contributed by atoms with Crippen LogP contribution in [-0.4, -0.2) is 16.0 Å². The van der Waals surface area contributed by atoms with Crippen molar-refractivity contribution in [1.82, 2.24) is 4.98 Å². The fourth-order valence-electron chi connectivity index (χ4n) is 1.23. The van der Waals surface area contributed by atoms with Gasteiger partial charge >= 0.3 is 0 Å². The van der Waals surface area contributed by atoms with Crippen LogP contribution in [0.1, 0.15) is 5.56 Å². The van der Waals surface area contributed by atoms with Crippen molar-refractivity contribution in [2.45, 2.75) is 0 Å². The van der Waals surface area contributed by atoms with Crippen LogP contribution in [0, 0.1) is 0 Å². The molecule has 5 heteroatoms. The number of amides is 1. The Morgan fingerprint density at radius 2 is 2.35 bits per heavy atom. The average Bonchev–Trinajstić information content (AvgIpc) is 2.79. The Balaban J connectivity index is 1.99. The second kappa shape index (κ2) is 5.27. The zero-order valence-electron chi connectivity index (χ0n) is 8.83. The number of hydrogen-bond acceptors (Lipinski definition) is 4. The number of anilines is 1. The number of hydrogen-bond donors (Lipinski definition) is 2. The quantitative estimate of drug-likeness (QED) is 0.818. The van der Waals surface area contributed by atoms with Crippen LogP contribution in [0.2, 0.25) is 0 Å². The van der Waals surface area contributed by atoms with Gasteiger partial charge in [0.15, 0.2) is 5.13 Å². The molecule has 1 heterocycles. The van der Waals surface area contributed by atoms with Gasteiger partial charge in [-0.05, 0) is 23.8 Å². The molecule has 2 N–H and O–H groups in total. The number of phenols is 1. The van der Waals surface area contributed by atoms with Crippen LogP contribution in [0.3, 0.4) is 0 Å². The minimum atomic E-state index is -0.247. The molecular formula is C12H10N2O2S. The lowest BCUT2D eigenvalue weighted by Crippen LogP contribution is -2.06. The first-order valence-corrected chi connectivity index (χ1v) is 5.79. The molecule has 1 amide bonds. The van der Waals surface area contributed by atoms with E-state index >= 15 is 0 Å². The van der Waals surface area contributed by atoms with Crippen molar-refractivity contribution < 1.29 is 9.90 Å². The van der Waals surface area contributed by atoms with Crippen LogP contribution < -0.4 is 5.32 Å². The Kier molecular flexibility index (Phi) is 3.52. The summed E-state index contributed by atoms with van der Waals surface area (Å²) in [6, 6.07) is 6.67. The summed E-state index contributed by atoms with van der Waals surface area (Å²) in [5.41, 5.74) is 0.763. The highest BCUT2D eigenvalue weighted by Crippen LogP contribution is 2.13. The lowest BCUT2D eigenvalue weighted by atomic mass is 10.2. The standard InChI is InChI=1S/C12H10N2O2S/c15-10-3-1-2-9(8-10)4-5-11(16)14-12-13-6-7-17-12/h1-8,15H,(H,13,14,16)/b5-4+. The number of carbonyl (C=O) groups excluding carboxylic acids is 1. The van der Waals surface area contributed by atoms with E-state index < -0.39 is 0 Å². The second-order valence-corrected chi connectivity index (χ2v) is 4.15. The molecule has 17 heavy (non-hydrogen) atoms. The van der Waals surface area contributed by atoms with Gasteiger partial charge in [-0.25, -0.2) is 4.98 Å². The first-order valence-electron chi connectivity index (χ1n) is 4.91. The van der Waals surface area contributed by atoms with Gasteiger partial charge in [-0.1, -0.05) is 12.1 Å². The van der Waals surface area contributed by atoms with Crippen molar-refractivity contribution >= 4 is 28.5 Å². The molecular weight excluding hydrogens is 236 g/mol. The second-order valence-electron chi connectivity index (χ2n) is 3.25. The van der Waals surface area contributed by atoms with Crippen LogP contribution in [0.4, 0.5) is 5.13 Å². The third-order valence-electron chi connectivity index (χ3n) is 1.96. The van der Waals surface area contributed by atoms with Gasteiger partial charge in [0.25, 0.3) is 0 Å². The lowest BCUT2D eigenvalue weighted by Gasteiger charge is -1.96. The van der Waals surface area contributed by atoms with E-state index in [1.807, 2.05) is 0 Å². The average molecular weight is 246 g/mol. The van der Waals surface area contributed by atoms with Gasteiger partial charge in [-0.15, -0.1) is 11.3 Å². The SMILES string of the molecule is O=C(/C=C/c1cccc(O)c1)Nc1nccs1. The Bertz CT molecular complexity index is 535. The molecule has 0 saturated carbocycles. The van der Waals surface area contributed by atoms with Crippen molar-refractivity contribution in [3.63, 3.8) is 0 Å². The number of aromatic hydroxyl groups is 1. The van der Waals surface area contributed by atoms with Gasteiger partial charge in [0.05, 0.1) is 0 Å². The highest BCUT2D eigenvalue weighted by Gasteiger charge is 1.99. The molecule has 0 saturated heterocycles. The Morgan fingerprint density at radius 3 is 3.06 bits per heavy atom. The maximum atomic E-state index is 11.5. The van der Waals surface area contributed by atoms with E-state index in [2.05, 4.69) is 10.3 Å². The summed E-state index contributed by atoms with van der Waals surface area (Å²) >= 11 is 1.36. The summed E-state index contributed by atoms with van der Waals surface area (Å²) in [6.45, 7) is 0. The minimum absolute atomic E-state index is 0.174. The number of carbonyl (C=O) groups is 1. The Morgan fingerprint density at radius 1 is 1.47 bits per heavy atom. The van der Waals surface area contributed by atoms with E-state index in [1.165, 1.54) is 17.4 Å². The highest BCUT2D eigenvalue weighted by atomic mass is 32.1. The highest BCUT2D eigenvalue weighted by molar-refractivity contribution is 7.13. The first kappa shape index (κ1) is 11.3. The molecule has 0 bridgehead atoms. The molecule has 2 aromatic rings. The maximum Gasteiger partial charge on any atom is 0.250 e. The zero-order valence-corrected chi connectivity index (χ0v) is 9.65. The number of rotatable bonds is 3. The summed E-state index contributed by atoms with van der Waals surface area (Å²) in [5, 5.41) is 14.2. The molecule has 0 aliphatic rings. The van der Waals surface area contributed by atoms with Gasteiger partial charge in [0, 0.05) is 17.7 Å². The predicted molar refractivity (Wildman–Crippen MR) is 67.9 cm³/mol. The molecule has 0 fully saturated rings. The maximum absolute atomic E-state index is 11.5. The number of nitrogens with one attached hydrogen (secondary N) is 1. The normalized spacial score (nSPS) is 10.6. The summed E-state index contributed by atoms with van der Waals surface area (Å²) in [4.78, 5) is 15.4. The summed E-state index contributed by atoms with van der Waals surface area (Å²) < 4.78 is 0. The van der Waals surface area contributed by atoms with Crippen molar-refractivity contribution in [1.29, 1.82) is 0 Å². The zero-order chi connectivity index (χ0) is 12.1. The topological polar surface area (TPSA) is 62.2 Å². The van der Waals surface area contributed by atoms with Crippen LogP contribution in [0.5, 0.6) is 5.75 Å². The van der Waals surface area contributed by atoms with Gasteiger partial charge in [-0.2, -0.15) is 0 Å². The summed E-state index contributed by atoms with van der Waals surface area (Å²) in [5.74, 6) is -0.0734. The molecule has 0 atom stereocenters. The molecule has 1 aromatic heterocycles. The number of aromatic nitrogens is 1. The molecule has 0 aliphatic heterocycles. The van der Waals surface area contributed by atoms with Gasteiger partial charge in [0.2, 0.25) is 5.91 Å². The molecule has 0 radical (unpaired) electrons. The van der Waals surface area contributed by atoms with Crippen molar-refractivity contribution in [2.75, 3.05) is 5.32 Å². The molecule has 0 unspecified atom stereocenters. The van der Waals surface area contributed by atoms with Crippen molar-refractivity contribution in [3.8, 4) is 5.75 Å². The number of benzene rings is 1. The molecule has 2 rings (SSSR count). The van der Waals surface area contributed by atoms with E-state index in [0.717, 1.165) is 5.56 Å². The van der Waals surface area contributed by atoms with Crippen LogP contribution >= 0.6 is 11.3 Å². The van der Waals surface area contributed by atoms with Crippen molar-refractivity contribution in [2.24, 2.45) is 0 Å². The molecule has 86 valence electrons. The molecule has 1 aromatic carbocycles. The predicted octanol–water partition coefficient (Wildman–Crippen LogP) is 2.50. The number of thiazole rings is 1. The van der Waals surface area contributed by atoms with Crippen molar-refractivity contribution in [3.05, 3.63) is 47.5 Å². The molecule has 0 spiro atoms. The molecule has 4 nitrogen and oxygen atoms in total. The van der Waals surface area contributed by atoms with E-state index in [4.69, 9.17) is 0 Å².